The first kappa shape index (κ1) is 18.0. The van der Waals surface area contributed by atoms with Crippen molar-refractivity contribution in [1.82, 2.24) is 14.8 Å². The van der Waals surface area contributed by atoms with Gasteiger partial charge in [-0.3, -0.25) is 9.59 Å². The lowest BCUT2D eigenvalue weighted by Gasteiger charge is -2.30. The second kappa shape index (κ2) is 6.76. The summed E-state index contributed by atoms with van der Waals surface area (Å²) in [6.07, 6.45) is 1.89. The van der Waals surface area contributed by atoms with E-state index in [1.165, 1.54) is 11.1 Å². The van der Waals surface area contributed by atoms with Crippen molar-refractivity contribution in [3.05, 3.63) is 71.4 Å². The zero-order valence-corrected chi connectivity index (χ0v) is 16.8. The van der Waals surface area contributed by atoms with E-state index in [0.29, 0.717) is 19.0 Å². The summed E-state index contributed by atoms with van der Waals surface area (Å²) in [4.78, 5) is 32.7. The van der Waals surface area contributed by atoms with Crippen LogP contribution in [-0.4, -0.2) is 46.2 Å². The molecule has 5 nitrogen and oxygen atoms in total. The number of rotatable bonds is 2. The highest BCUT2D eigenvalue weighted by molar-refractivity contribution is 5.98. The van der Waals surface area contributed by atoms with Crippen LogP contribution in [0, 0.1) is 18.8 Å². The Morgan fingerprint density at radius 1 is 1.03 bits per heavy atom. The summed E-state index contributed by atoms with van der Waals surface area (Å²) in [6.45, 7) is 5.87. The molecule has 0 unspecified atom stereocenters. The van der Waals surface area contributed by atoms with E-state index in [4.69, 9.17) is 0 Å². The summed E-state index contributed by atoms with van der Waals surface area (Å²) in [6, 6.07) is 16.2. The van der Waals surface area contributed by atoms with Crippen molar-refractivity contribution < 1.29 is 9.59 Å². The Kier molecular flexibility index (Phi) is 4.19. The quantitative estimate of drug-likeness (QED) is 0.728. The molecule has 1 aromatic heterocycles. The van der Waals surface area contributed by atoms with Crippen molar-refractivity contribution in [1.29, 1.82) is 0 Å². The molecule has 29 heavy (non-hydrogen) atoms. The lowest BCUT2D eigenvalue weighted by Crippen LogP contribution is -2.36. The van der Waals surface area contributed by atoms with E-state index in [1.807, 2.05) is 52.4 Å². The maximum absolute atomic E-state index is 13.2. The molecule has 2 amide bonds. The average molecular weight is 387 g/mol. The van der Waals surface area contributed by atoms with Gasteiger partial charge in [0.25, 0.3) is 5.91 Å². The molecule has 3 heterocycles. The van der Waals surface area contributed by atoms with E-state index in [9.17, 15) is 9.59 Å². The van der Waals surface area contributed by atoms with Crippen molar-refractivity contribution in [2.45, 2.75) is 19.9 Å². The molecule has 0 saturated carbocycles. The van der Waals surface area contributed by atoms with Gasteiger partial charge in [0.05, 0.1) is 6.04 Å². The number of amides is 2. The number of benzene rings is 2. The fourth-order valence-electron chi connectivity index (χ4n) is 5.22. The number of nitrogens with one attached hydrogen (secondary N) is 1. The second-order valence-corrected chi connectivity index (χ2v) is 8.39. The van der Waals surface area contributed by atoms with Crippen molar-refractivity contribution in [3.63, 3.8) is 0 Å². The molecule has 0 radical (unpaired) electrons. The lowest BCUT2D eigenvalue weighted by atomic mass is 9.87. The number of carbonyl (C=O) groups excluding carboxylic acids is 2. The molecule has 2 fully saturated rings. The Morgan fingerprint density at radius 2 is 1.86 bits per heavy atom. The second-order valence-electron chi connectivity index (χ2n) is 8.39. The van der Waals surface area contributed by atoms with Gasteiger partial charge >= 0.3 is 0 Å². The van der Waals surface area contributed by atoms with Crippen LogP contribution in [0.25, 0.3) is 10.9 Å². The molecular weight excluding hydrogens is 362 g/mol. The van der Waals surface area contributed by atoms with Gasteiger partial charge in [-0.2, -0.15) is 0 Å². The number of hydrogen-bond donors (Lipinski definition) is 1. The number of hydrogen-bond acceptors (Lipinski definition) is 2. The van der Waals surface area contributed by atoms with Gasteiger partial charge in [0.15, 0.2) is 0 Å². The van der Waals surface area contributed by atoms with Gasteiger partial charge in [-0.1, -0.05) is 30.3 Å². The summed E-state index contributed by atoms with van der Waals surface area (Å²) in [5.74, 6) is 0.788. The molecule has 2 aliphatic rings. The maximum atomic E-state index is 13.2. The molecule has 5 heteroatoms. The highest BCUT2D eigenvalue weighted by atomic mass is 16.2. The van der Waals surface area contributed by atoms with E-state index in [-0.39, 0.29) is 23.8 Å². The Morgan fingerprint density at radius 3 is 2.66 bits per heavy atom. The standard InChI is InChI=1S/C24H25N3O2/c1-15-5-3-4-6-20(15)23-21-14-26(12-19(21)13-27(23)16(2)28)24(29)18-8-7-17-9-10-25-22(17)11-18/h3-11,19,21,23,25H,12-14H2,1-2H3/t19-,21-,23+/m1/s1. The van der Waals surface area contributed by atoms with Gasteiger partial charge in [-0.05, 0) is 41.6 Å². The van der Waals surface area contributed by atoms with Crippen LogP contribution in [0.1, 0.15) is 34.5 Å². The molecule has 0 aliphatic carbocycles. The molecular formula is C24H25N3O2. The van der Waals surface area contributed by atoms with Crippen LogP contribution in [0.15, 0.2) is 54.7 Å². The predicted molar refractivity (Wildman–Crippen MR) is 112 cm³/mol. The molecule has 3 atom stereocenters. The van der Waals surface area contributed by atoms with Gasteiger partial charge in [0.1, 0.15) is 0 Å². The van der Waals surface area contributed by atoms with Crippen LogP contribution >= 0.6 is 0 Å². The summed E-state index contributed by atoms with van der Waals surface area (Å²) in [5, 5.41) is 1.11. The molecule has 148 valence electrons. The van der Waals surface area contributed by atoms with E-state index in [0.717, 1.165) is 23.0 Å². The Labute approximate surface area is 170 Å². The molecule has 0 spiro atoms. The molecule has 2 aromatic carbocycles. The van der Waals surface area contributed by atoms with Crippen molar-refractivity contribution in [2.75, 3.05) is 19.6 Å². The van der Waals surface area contributed by atoms with Gasteiger partial charge in [0.2, 0.25) is 5.91 Å². The minimum absolute atomic E-state index is 0.0439. The first-order chi connectivity index (χ1) is 14.0. The van der Waals surface area contributed by atoms with Crippen LogP contribution < -0.4 is 0 Å². The molecule has 3 aromatic rings. The Balaban J connectivity index is 1.43. The third-order valence-electron chi connectivity index (χ3n) is 6.66. The van der Waals surface area contributed by atoms with Crippen molar-refractivity contribution in [2.24, 2.45) is 11.8 Å². The van der Waals surface area contributed by atoms with Gasteiger partial charge in [0, 0.05) is 55.7 Å². The van der Waals surface area contributed by atoms with E-state index < -0.39 is 0 Å². The molecule has 2 saturated heterocycles. The Bertz CT molecular complexity index is 1100. The molecule has 5 rings (SSSR count). The number of aromatic amines is 1. The van der Waals surface area contributed by atoms with Crippen LogP contribution in [0.5, 0.6) is 0 Å². The first-order valence-electron chi connectivity index (χ1n) is 10.2. The molecule has 1 N–H and O–H groups in total. The highest BCUT2D eigenvalue weighted by Crippen LogP contribution is 2.46. The van der Waals surface area contributed by atoms with Gasteiger partial charge in [-0.15, -0.1) is 0 Å². The fraction of sp³-hybridized carbons (Fsp3) is 0.333. The van der Waals surface area contributed by atoms with Crippen LogP contribution in [0.4, 0.5) is 0 Å². The zero-order chi connectivity index (χ0) is 20.1. The SMILES string of the molecule is CC(=O)N1C[C@H]2CN(C(=O)c3ccc4cc[nH]c4c3)C[C@H]2[C@@H]1c1ccccc1C. The average Bonchev–Trinajstić information content (AvgIpc) is 3.41. The number of carbonyl (C=O) groups is 2. The molecule has 0 bridgehead atoms. The predicted octanol–water partition coefficient (Wildman–Crippen LogP) is 3.77. The number of H-pyrrole nitrogens is 1. The largest absolute Gasteiger partial charge is 0.361 e. The Hall–Kier alpha value is -3.08. The number of aryl methyl sites for hydroxylation is 1. The molecule has 2 aliphatic heterocycles. The summed E-state index contributed by atoms with van der Waals surface area (Å²) < 4.78 is 0. The summed E-state index contributed by atoms with van der Waals surface area (Å²) >= 11 is 0. The number of aromatic nitrogens is 1. The zero-order valence-electron chi connectivity index (χ0n) is 16.8. The van der Waals surface area contributed by atoms with E-state index in [1.54, 1.807) is 6.92 Å². The van der Waals surface area contributed by atoms with Crippen molar-refractivity contribution >= 4 is 22.7 Å². The smallest absolute Gasteiger partial charge is 0.253 e. The summed E-state index contributed by atoms with van der Waals surface area (Å²) in [5.41, 5.74) is 4.11. The third-order valence-corrected chi connectivity index (χ3v) is 6.66. The first-order valence-corrected chi connectivity index (χ1v) is 10.2. The van der Waals surface area contributed by atoms with Crippen LogP contribution in [0.2, 0.25) is 0 Å². The van der Waals surface area contributed by atoms with Crippen LogP contribution in [-0.2, 0) is 4.79 Å². The normalized spacial score (nSPS) is 23.6. The fourth-order valence-corrected chi connectivity index (χ4v) is 5.22. The topological polar surface area (TPSA) is 56.4 Å². The van der Waals surface area contributed by atoms with Gasteiger partial charge in [-0.25, -0.2) is 0 Å². The number of fused-ring (bicyclic) bond motifs is 2. The van der Waals surface area contributed by atoms with E-state index in [2.05, 4.69) is 24.0 Å². The minimum atomic E-state index is 0.0439. The monoisotopic (exact) mass is 387 g/mol. The minimum Gasteiger partial charge on any atom is -0.361 e. The maximum Gasteiger partial charge on any atom is 0.253 e. The lowest BCUT2D eigenvalue weighted by molar-refractivity contribution is -0.130. The third kappa shape index (κ3) is 2.92. The van der Waals surface area contributed by atoms with E-state index >= 15 is 0 Å². The summed E-state index contributed by atoms with van der Waals surface area (Å²) in [7, 11) is 0. The van der Waals surface area contributed by atoms with Gasteiger partial charge < -0.3 is 14.8 Å². The number of likely N-dealkylation sites (tertiary alicyclic amines) is 2. The highest BCUT2D eigenvalue weighted by Gasteiger charge is 2.49. The van der Waals surface area contributed by atoms with Crippen LogP contribution in [0.3, 0.4) is 0 Å². The number of nitrogens with zero attached hydrogens (tertiary/aromatic N) is 2. The van der Waals surface area contributed by atoms with Crippen molar-refractivity contribution in [3.8, 4) is 0 Å².